The number of benzene rings is 2. The number of nitro groups is 1. The number of aryl methyl sites for hydroxylation is 2. The van der Waals surface area contributed by atoms with Gasteiger partial charge in [-0.15, -0.1) is 0 Å². The Balaban J connectivity index is 1.69. The SMILES string of the molecule is Cc1cc(C)c(C)c(Oc2ccc(NC(=O)c3ccc([N+](=O)[O-])cc3)cn2)c1. The van der Waals surface area contributed by atoms with E-state index in [9.17, 15) is 14.9 Å². The summed E-state index contributed by atoms with van der Waals surface area (Å²) in [6.45, 7) is 6.02. The first kappa shape index (κ1) is 19.0. The Morgan fingerprint density at radius 1 is 1.07 bits per heavy atom. The van der Waals surface area contributed by atoms with Crippen LogP contribution in [0.25, 0.3) is 0 Å². The second kappa shape index (κ2) is 7.87. The van der Waals surface area contributed by atoms with E-state index in [1.165, 1.54) is 30.5 Å². The average molecular weight is 377 g/mol. The molecule has 0 fully saturated rings. The number of hydrogen-bond acceptors (Lipinski definition) is 5. The van der Waals surface area contributed by atoms with Crippen LogP contribution >= 0.6 is 0 Å². The molecule has 0 saturated carbocycles. The Kier molecular flexibility index (Phi) is 5.35. The number of rotatable bonds is 5. The van der Waals surface area contributed by atoms with Crippen molar-refractivity contribution in [2.24, 2.45) is 0 Å². The van der Waals surface area contributed by atoms with E-state index in [2.05, 4.69) is 16.4 Å². The van der Waals surface area contributed by atoms with Gasteiger partial charge < -0.3 is 10.1 Å². The first-order valence-electron chi connectivity index (χ1n) is 8.61. The molecule has 3 aromatic rings. The molecule has 28 heavy (non-hydrogen) atoms. The number of nitro benzene ring substituents is 1. The summed E-state index contributed by atoms with van der Waals surface area (Å²) >= 11 is 0. The van der Waals surface area contributed by atoms with Gasteiger partial charge in [-0.1, -0.05) is 6.07 Å². The number of amides is 1. The normalized spacial score (nSPS) is 10.4. The zero-order valence-electron chi connectivity index (χ0n) is 15.7. The number of pyridine rings is 1. The fourth-order valence-electron chi connectivity index (χ4n) is 2.67. The number of ether oxygens (including phenoxy) is 1. The van der Waals surface area contributed by atoms with Crippen molar-refractivity contribution in [2.45, 2.75) is 20.8 Å². The zero-order valence-corrected chi connectivity index (χ0v) is 15.7. The Labute approximate surface area is 162 Å². The Hall–Kier alpha value is -3.74. The summed E-state index contributed by atoms with van der Waals surface area (Å²) in [6, 6.07) is 12.8. The van der Waals surface area contributed by atoms with Crippen molar-refractivity contribution in [1.82, 2.24) is 4.98 Å². The van der Waals surface area contributed by atoms with Gasteiger partial charge in [0.15, 0.2) is 0 Å². The lowest BCUT2D eigenvalue weighted by Crippen LogP contribution is -2.12. The van der Waals surface area contributed by atoms with E-state index < -0.39 is 4.92 Å². The maximum atomic E-state index is 12.3. The number of aromatic nitrogens is 1. The summed E-state index contributed by atoms with van der Waals surface area (Å²) in [5, 5.41) is 13.4. The van der Waals surface area contributed by atoms with Crippen LogP contribution in [0.1, 0.15) is 27.0 Å². The first-order chi connectivity index (χ1) is 13.3. The molecule has 0 unspecified atom stereocenters. The highest BCUT2D eigenvalue weighted by Crippen LogP contribution is 2.28. The number of carbonyl (C=O) groups excluding carboxylic acids is 1. The molecule has 0 aliphatic rings. The van der Waals surface area contributed by atoms with Crippen molar-refractivity contribution < 1.29 is 14.5 Å². The Bertz CT molecular complexity index is 1030. The van der Waals surface area contributed by atoms with Crippen LogP contribution in [0.15, 0.2) is 54.7 Å². The minimum atomic E-state index is -0.512. The van der Waals surface area contributed by atoms with E-state index in [0.717, 1.165) is 22.4 Å². The van der Waals surface area contributed by atoms with Gasteiger partial charge in [-0.05, 0) is 61.7 Å². The fraction of sp³-hybridized carbons (Fsp3) is 0.143. The molecule has 1 amide bonds. The van der Waals surface area contributed by atoms with Crippen LogP contribution in [-0.2, 0) is 0 Å². The van der Waals surface area contributed by atoms with E-state index in [1.54, 1.807) is 12.1 Å². The van der Waals surface area contributed by atoms with Gasteiger partial charge in [0.2, 0.25) is 5.88 Å². The van der Waals surface area contributed by atoms with Gasteiger partial charge in [-0.2, -0.15) is 0 Å². The van der Waals surface area contributed by atoms with Crippen LogP contribution in [0.5, 0.6) is 11.6 Å². The maximum absolute atomic E-state index is 12.3. The number of carbonyl (C=O) groups is 1. The van der Waals surface area contributed by atoms with Crippen molar-refractivity contribution in [3.8, 4) is 11.6 Å². The quantitative estimate of drug-likeness (QED) is 0.501. The molecule has 0 bridgehead atoms. The molecule has 7 heteroatoms. The lowest BCUT2D eigenvalue weighted by molar-refractivity contribution is -0.384. The van der Waals surface area contributed by atoms with Crippen molar-refractivity contribution in [1.29, 1.82) is 0 Å². The van der Waals surface area contributed by atoms with Gasteiger partial charge in [-0.25, -0.2) is 4.98 Å². The summed E-state index contributed by atoms with van der Waals surface area (Å²) in [5.74, 6) is 0.782. The maximum Gasteiger partial charge on any atom is 0.269 e. The van der Waals surface area contributed by atoms with Gasteiger partial charge in [0.1, 0.15) is 5.75 Å². The van der Waals surface area contributed by atoms with E-state index in [4.69, 9.17) is 4.74 Å². The third-order valence-electron chi connectivity index (χ3n) is 4.31. The fourth-order valence-corrected chi connectivity index (χ4v) is 2.67. The molecule has 1 heterocycles. The summed E-state index contributed by atoms with van der Waals surface area (Å²) in [4.78, 5) is 26.6. The molecule has 1 aromatic heterocycles. The van der Waals surface area contributed by atoms with Crippen molar-refractivity contribution >= 4 is 17.3 Å². The smallest absolute Gasteiger partial charge is 0.269 e. The lowest BCUT2D eigenvalue weighted by atomic mass is 10.1. The predicted octanol–water partition coefficient (Wildman–Crippen LogP) is 4.96. The van der Waals surface area contributed by atoms with Crippen LogP contribution in [-0.4, -0.2) is 15.8 Å². The monoisotopic (exact) mass is 377 g/mol. The highest BCUT2D eigenvalue weighted by atomic mass is 16.6. The topological polar surface area (TPSA) is 94.4 Å². The zero-order chi connectivity index (χ0) is 20.3. The number of nitrogens with one attached hydrogen (secondary N) is 1. The average Bonchev–Trinajstić information content (AvgIpc) is 2.67. The number of non-ortho nitro benzene ring substituents is 1. The molecule has 0 spiro atoms. The number of nitrogens with zero attached hydrogens (tertiary/aromatic N) is 2. The largest absolute Gasteiger partial charge is 0.439 e. The molecule has 0 aliphatic heterocycles. The molecule has 0 saturated heterocycles. The third kappa shape index (κ3) is 4.32. The van der Waals surface area contributed by atoms with Crippen molar-refractivity contribution in [3.05, 3.63) is 87.1 Å². The highest BCUT2D eigenvalue weighted by Gasteiger charge is 2.11. The summed E-state index contributed by atoms with van der Waals surface area (Å²) in [5.41, 5.74) is 4.03. The summed E-state index contributed by atoms with van der Waals surface area (Å²) < 4.78 is 5.86. The Morgan fingerprint density at radius 3 is 2.39 bits per heavy atom. The van der Waals surface area contributed by atoms with E-state index >= 15 is 0 Å². The van der Waals surface area contributed by atoms with E-state index in [0.29, 0.717) is 17.1 Å². The standard InChI is InChI=1S/C21H19N3O4/c1-13-10-14(2)15(3)19(11-13)28-20-9-6-17(12-22-20)23-21(25)16-4-7-18(8-5-16)24(26)27/h4-12H,1-3H3,(H,23,25). The van der Waals surface area contributed by atoms with Crippen LogP contribution in [0.2, 0.25) is 0 Å². The molecule has 0 aliphatic carbocycles. The molecule has 142 valence electrons. The Morgan fingerprint density at radius 2 is 1.79 bits per heavy atom. The molecule has 0 atom stereocenters. The lowest BCUT2D eigenvalue weighted by Gasteiger charge is -2.12. The number of anilines is 1. The summed E-state index contributed by atoms with van der Waals surface area (Å²) in [7, 11) is 0. The molecule has 3 rings (SSSR count). The van der Waals surface area contributed by atoms with E-state index in [-0.39, 0.29) is 11.6 Å². The minimum absolute atomic E-state index is 0.0682. The molecule has 2 aromatic carbocycles. The molecular weight excluding hydrogens is 358 g/mol. The predicted molar refractivity (Wildman–Crippen MR) is 106 cm³/mol. The number of hydrogen-bond donors (Lipinski definition) is 1. The van der Waals surface area contributed by atoms with Gasteiger partial charge in [0, 0.05) is 23.8 Å². The van der Waals surface area contributed by atoms with Crippen LogP contribution in [0.4, 0.5) is 11.4 Å². The highest BCUT2D eigenvalue weighted by molar-refractivity contribution is 6.04. The van der Waals surface area contributed by atoms with Crippen molar-refractivity contribution in [3.63, 3.8) is 0 Å². The van der Waals surface area contributed by atoms with E-state index in [1.807, 2.05) is 26.8 Å². The van der Waals surface area contributed by atoms with Gasteiger partial charge in [0.25, 0.3) is 11.6 Å². The van der Waals surface area contributed by atoms with Gasteiger partial charge in [-0.3, -0.25) is 14.9 Å². The minimum Gasteiger partial charge on any atom is -0.439 e. The molecular formula is C21H19N3O4. The van der Waals surface area contributed by atoms with Crippen LogP contribution in [0.3, 0.4) is 0 Å². The molecule has 7 nitrogen and oxygen atoms in total. The molecule has 1 N–H and O–H groups in total. The van der Waals surface area contributed by atoms with Crippen LogP contribution in [0, 0.1) is 30.9 Å². The van der Waals surface area contributed by atoms with Gasteiger partial charge >= 0.3 is 0 Å². The first-order valence-corrected chi connectivity index (χ1v) is 8.61. The van der Waals surface area contributed by atoms with Crippen LogP contribution < -0.4 is 10.1 Å². The summed E-state index contributed by atoms with van der Waals surface area (Å²) in [6.07, 6.45) is 1.50. The van der Waals surface area contributed by atoms with Gasteiger partial charge in [0.05, 0.1) is 16.8 Å². The second-order valence-electron chi connectivity index (χ2n) is 6.45. The third-order valence-corrected chi connectivity index (χ3v) is 4.31. The van der Waals surface area contributed by atoms with Crippen molar-refractivity contribution in [2.75, 3.05) is 5.32 Å². The molecule has 0 radical (unpaired) electrons. The second-order valence-corrected chi connectivity index (χ2v) is 6.45.